The minimum absolute atomic E-state index is 0.0994. The number of nitrogens with zero attached hydrogens (tertiary/aromatic N) is 4. The molecular formula is C10H13BrN6O3. The summed E-state index contributed by atoms with van der Waals surface area (Å²) in [5.41, 5.74) is 12.0. The summed E-state index contributed by atoms with van der Waals surface area (Å²) in [5, 5.41) is 19.9. The van der Waals surface area contributed by atoms with Crippen molar-refractivity contribution in [2.24, 2.45) is 5.73 Å². The molecule has 6 N–H and O–H groups in total. The first-order chi connectivity index (χ1) is 9.52. The van der Waals surface area contributed by atoms with Gasteiger partial charge in [-0.2, -0.15) is 0 Å². The fraction of sp³-hybridized carbons (Fsp3) is 0.500. The van der Waals surface area contributed by atoms with Crippen molar-refractivity contribution in [3.05, 3.63) is 11.1 Å². The van der Waals surface area contributed by atoms with Crippen LogP contribution in [-0.2, 0) is 4.74 Å². The quantitative estimate of drug-likeness (QED) is 0.494. The second kappa shape index (κ2) is 4.90. The van der Waals surface area contributed by atoms with Crippen molar-refractivity contribution in [3.8, 4) is 0 Å². The number of hydrogen-bond donors (Lipinski definition) is 4. The summed E-state index contributed by atoms with van der Waals surface area (Å²) in [7, 11) is 0. The van der Waals surface area contributed by atoms with Crippen LogP contribution in [0.4, 0.5) is 5.82 Å². The van der Waals surface area contributed by atoms with Crippen molar-refractivity contribution in [2.45, 2.75) is 24.5 Å². The molecule has 0 saturated carbocycles. The highest BCUT2D eigenvalue weighted by Crippen LogP contribution is 2.31. The van der Waals surface area contributed by atoms with Crippen LogP contribution >= 0.6 is 15.9 Å². The fourth-order valence-electron chi connectivity index (χ4n) is 2.25. The molecule has 4 atom stereocenters. The van der Waals surface area contributed by atoms with Gasteiger partial charge >= 0.3 is 0 Å². The third-order valence-electron chi connectivity index (χ3n) is 3.26. The zero-order chi connectivity index (χ0) is 14.4. The zero-order valence-corrected chi connectivity index (χ0v) is 11.8. The van der Waals surface area contributed by atoms with E-state index < -0.39 is 24.5 Å². The maximum Gasteiger partial charge on any atom is 0.200 e. The highest BCUT2D eigenvalue weighted by atomic mass is 79.9. The van der Waals surface area contributed by atoms with E-state index >= 15 is 0 Å². The van der Waals surface area contributed by atoms with Crippen LogP contribution in [0.3, 0.4) is 0 Å². The molecule has 0 bridgehead atoms. The molecule has 1 fully saturated rings. The number of halogens is 1. The molecular weight excluding hydrogens is 332 g/mol. The van der Waals surface area contributed by atoms with Crippen molar-refractivity contribution in [2.75, 3.05) is 12.3 Å². The van der Waals surface area contributed by atoms with Crippen LogP contribution in [0.5, 0.6) is 0 Å². The molecule has 1 aliphatic rings. The highest BCUT2D eigenvalue weighted by molar-refractivity contribution is 9.10. The Labute approximate surface area is 121 Å². The van der Waals surface area contributed by atoms with Crippen LogP contribution in [0.1, 0.15) is 6.23 Å². The van der Waals surface area contributed by atoms with E-state index in [1.54, 1.807) is 0 Å². The minimum Gasteiger partial charge on any atom is -0.387 e. The summed E-state index contributed by atoms with van der Waals surface area (Å²) in [6.07, 6.45) is -2.23. The van der Waals surface area contributed by atoms with Gasteiger partial charge in [0.2, 0.25) is 4.73 Å². The van der Waals surface area contributed by atoms with Gasteiger partial charge in [-0.25, -0.2) is 15.0 Å². The number of rotatable bonds is 2. The second-order valence-corrected chi connectivity index (χ2v) is 5.19. The third kappa shape index (κ3) is 1.96. The van der Waals surface area contributed by atoms with E-state index in [0.717, 1.165) is 0 Å². The molecule has 3 rings (SSSR count). The zero-order valence-electron chi connectivity index (χ0n) is 10.2. The summed E-state index contributed by atoms with van der Waals surface area (Å²) in [4.78, 5) is 12.2. The summed E-state index contributed by atoms with van der Waals surface area (Å²) in [6.45, 7) is 0.0994. The first kappa shape index (κ1) is 13.6. The molecule has 108 valence electrons. The molecule has 20 heavy (non-hydrogen) atoms. The van der Waals surface area contributed by atoms with Gasteiger partial charge in [0, 0.05) is 6.54 Å². The number of hydrogen-bond acceptors (Lipinski definition) is 8. The number of fused-ring (bicyclic) bond motifs is 1. The highest BCUT2D eigenvalue weighted by Gasteiger charge is 2.43. The van der Waals surface area contributed by atoms with Crippen LogP contribution in [0, 0.1) is 0 Å². The van der Waals surface area contributed by atoms with E-state index in [4.69, 9.17) is 16.2 Å². The third-order valence-corrected chi connectivity index (χ3v) is 3.62. The van der Waals surface area contributed by atoms with E-state index in [-0.39, 0.29) is 12.4 Å². The Balaban J connectivity index is 2.07. The lowest BCUT2D eigenvalue weighted by atomic mass is 10.1. The maximum absolute atomic E-state index is 10.1. The van der Waals surface area contributed by atoms with E-state index in [1.165, 1.54) is 10.9 Å². The van der Waals surface area contributed by atoms with Gasteiger partial charge in [-0.05, 0) is 15.9 Å². The number of imidazole rings is 1. The standard InChI is InChI=1S/C10H13BrN6O3/c11-10-15-7(13)4-8(16-10)17(2-14-4)9-6(19)5(18)3(1-12)20-9/h2-3,5-6,9,18-19H,1,12H2,(H2,13,15,16)/t3-,5+,6+,9+/m0/s1. The smallest absolute Gasteiger partial charge is 0.200 e. The summed E-state index contributed by atoms with van der Waals surface area (Å²) in [6, 6.07) is 0. The van der Waals surface area contributed by atoms with Gasteiger partial charge in [0.15, 0.2) is 17.7 Å². The summed E-state index contributed by atoms with van der Waals surface area (Å²) >= 11 is 3.15. The predicted octanol–water partition coefficient (Wildman–Crippen LogP) is -1.25. The van der Waals surface area contributed by atoms with Gasteiger partial charge in [0.05, 0.1) is 6.33 Å². The van der Waals surface area contributed by atoms with Crippen molar-refractivity contribution in [1.29, 1.82) is 0 Å². The molecule has 1 aliphatic heterocycles. The molecule has 10 heteroatoms. The number of aliphatic hydroxyl groups excluding tert-OH is 2. The molecule has 0 radical (unpaired) electrons. The number of anilines is 1. The molecule has 0 aliphatic carbocycles. The number of nitrogen functional groups attached to an aromatic ring is 1. The average molecular weight is 345 g/mol. The summed E-state index contributed by atoms with van der Waals surface area (Å²) in [5.74, 6) is 0.212. The van der Waals surface area contributed by atoms with Crippen LogP contribution in [0.25, 0.3) is 11.2 Å². The Bertz CT molecular complexity index is 649. The van der Waals surface area contributed by atoms with Crippen LogP contribution in [-0.4, -0.2) is 54.6 Å². The van der Waals surface area contributed by atoms with Gasteiger partial charge in [-0.1, -0.05) is 0 Å². The van der Waals surface area contributed by atoms with E-state index in [1.807, 2.05) is 0 Å². The lowest BCUT2D eigenvalue weighted by Crippen LogP contribution is -2.35. The topological polar surface area (TPSA) is 145 Å². The number of aliphatic hydroxyl groups is 2. The number of aromatic nitrogens is 4. The van der Waals surface area contributed by atoms with Crippen molar-refractivity contribution in [1.82, 2.24) is 19.5 Å². The molecule has 2 aromatic rings. The van der Waals surface area contributed by atoms with Gasteiger partial charge < -0.3 is 26.4 Å². The molecule has 0 spiro atoms. The Morgan fingerprint density at radius 2 is 2.10 bits per heavy atom. The Kier molecular flexibility index (Phi) is 3.34. The van der Waals surface area contributed by atoms with Crippen LogP contribution in [0.2, 0.25) is 0 Å². The van der Waals surface area contributed by atoms with E-state index in [9.17, 15) is 10.2 Å². The molecule has 1 saturated heterocycles. The molecule has 0 unspecified atom stereocenters. The van der Waals surface area contributed by atoms with Crippen molar-refractivity contribution in [3.63, 3.8) is 0 Å². The first-order valence-corrected chi connectivity index (χ1v) is 6.69. The number of nitrogens with two attached hydrogens (primary N) is 2. The van der Waals surface area contributed by atoms with Crippen LogP contribution in [0.15, 0.2) is 11.1 Å². The first-order valence-electron chi connectivity index (χ1n) is 5.90. The second-order valence-electron chi connectivity index (χ2n) is 4.48. The maximum atomic E-state index is 10.1. The predicted molar refractivity (Wildman–Crippen MR) is 72.4 cm³/mol. The number of ether oxygens (including phenoxy) is 1. The molecule has 9 nitrogen and oxygen atoms in total. The van der Waals surface area contributed by atoms with Crippen LogP contribution < -0.4 is 11.5 Å². The molecule has 0 amide bonds. The average Bonchev–Trinajstić information content (AvgIpc) is 2.93. The van der Waals surface area contributed by atoms with Gasteiger partial charge in [-0.3, -0.25) is 4.57 Å². The van der Waals surface area contributed by atoms with Crippen molar-refractivity contribution < 1.29 is 14.9 Å². The van der Waals surface area contributed by atoms with Gasteiger partial charge in [0.25, 0.3) is 0 Å². The largest absolute Gasteiger partial charge is 0.387 e. The van der Waals surface area contributed by atoms with E-state index in [0.29, 0.717) is 15.9 Å². The van der Waals surface area contributed by atoms with Crippen molar-refractivity contribution >= 4 is 32.9 Å². The lowest BCUT2D eigenvalue weighted by molar-refractivity contribution is -0.0322. The Hall–Kier alpha value is -1.33. The fourth-order valence-corrected chi connectivity index (χ4v) is 2.61. The van der Waals surface area contributed by atoms with Gasteiger partial charge in [0.1, 0.15) is 23.8 Å². The van der Waals surface area contributed by atoms with Gasteiger partial charge in [-0.15, -0.1) is 0 Å². The lowest BCUT2D eigenvalue weighted by Gasteiger charge is -2.16. The van der Waals surface area contributed by atoms with E-state index in [2.05, 4.69) is 30.9 Å². The Morgan fingerprint density at radius 1 is 1.35 bits per heavy atom. The Morgan fingerprint density at radius 3 is 2.75 bits per heavy atom. The normalized spacial score (nSPS) is 30.2. The SMILES string of the molecule is NC[C@@H]1O[C@@H](n2cnc3c(N)nc(Br)nc32)[C@H](O)[C@@H]1O. The minimum atomic E-state index is -1.13. The molecule has 0 aromatic carbocycles. The molecule has 2 aromatic heterocycles. The summed E-state index contributed by atoms with van der Waals surface area (Å²) < 4.78 is 7.35. The monoisotopic (exact) mass is 344 g/mol. The molecule has 3 heterocycles.